The summed E-state index contributed by atoms with van der Waals surface area (Å²) in [7, 11) is 1.74. The molecule has 164 valence electrons. The van der Waals surface area contributed by atoms with Crippen LogP contribution in [0.2, 0.25) is 0 Å². The van der Waals surface area contributed by atoms with E-state index in [0.29, 0.717) is 16.2 Å². The molecule has 0 bridgehead atoms. The predicted molar refractivity (Wildman–Crippen MR) is 122 cm³/mol. The third-order valence-electron chi connectivity index (χ3n) is 5.60. The van der Waals surface area contributed by atoms with E-state index in [1.54, 1.807) is 11.7 Å². The van der Waals surface area contributed by atoms with Gasteiger partial charge in [-0.05, 0) is 5.56 Å². The van der Waals surface area contributed by atoms with Crippen LogP contribution in [0.3, 0.4) is 0 Å². The summed E-state index contributed by atoms with van der Waals surface area (Å²) in [6, 6.07) is 10.4. The van der Waals surface area contributed by atoms with E-state index in [0.717, 1.165) is 31.7 Å². The van der Waals surface area contributed by atoms with Crippen molar-refractivity contribution in [3.8, 4) is 0 Å². The van der Waals surface area contributed by atoms with Gasteiger partial charge in [-0.3, -0.25) is 23.7 Å². The number of rotatable bonds is 6. The van der Waals surface area contributed by atoms with Gasteiger partial charge < -0.3 is 5.32 Å². The van der Waals surface area contributed by atoms with Crippen molar-refractivity contribution in [3.05, 3.63) is 69.3 Å². The van der Waals surface area contributed by atoms with E-state index in [4.69, 9.17) is 0 Å². The number of amides is 1. The van der Waals surface area contributed by atoms with E-state index in [2.05, 4.69) is 49.5 Å². The van der Waals surface area contributed by atoms with Gasteiger partial charge in [0.1, 0.15) is 5.39 Å². The molecule has 0 saturated heterocycles. The highest BCUT2D eigenvalue weighted by Gasteiger charge is 2.21. The Hall–Kier alpha value is -3.37. The summed E-state index contributed by atoms with van der Waals surface area (Å²) in [5, 5.41) is 8.02. The Kier molecular flexibility index (Phi) is 5.54. The first-order valence-electron chi connectivity index (χ1n) is 10.5. The number of nitrogens with zero attached hydrogens (tertiary/aromatic N) is 6. The van der Waals surface area contributed by atoms with Crippen LogP contribution in [0, 0.1) is 0 Å². The number of anilines is 1. The van der Waals surface area contributed by atoms with Crippen LogP contribution >= 0.6 is 11.3 Å². The van der Waals surface area contributed by atoms with E-state index < -0.39 is 0 Å². The lowest BCUT2D eigenvalue weighted by Crippen LogP contribution is -2.29. The Balaban J connectivity index is 1.19. The summed E-state index contributed by atoms with van der Waals surface area (Å²) in [4.78, 5) is 37.5. The second-order valence-corrected chi connectivity index (χ2v) is 8.97. The number of benzene rings is 1. The quantitative estimate of drug-likeness (QED) is 0.485. The molecule has 0 atom stereocenters. The standard InChI is InChI=1S/C22H23N7O2S/c1-27-20-16(11-24-27)21(31)29(14-23-20)10-8-19(30)26-22-25-17-7-9-28(13-18(17)32-22)12-15-5-3-2-4-6-15/h2-6,11,14H,7-10,12-13H2,1H3,(H,25,26,30). The SMILES string of the molecule is Cn1ncc2c(=O)n(CCC(=O)Nc3nc4c(s3)CN(Cc3ccccc3)CC4)cnc21. The van der Waals surface area contributed by atoms with Crippen molar-refractivity contribution in [2.45, 2.75) is 32.5 Å². The monoisotopic (exact) mass is 449 g/mol. The molecule has 0 aliphatic carbocycles. The van der Waals surface area contributed by atoms with Crippen molar-refractivity contribution < 1.29 is 4.79 Å². The van der Waals surface area contributed by atoms with E-state index >= 15 is 0 Å². The van der Waals surface area contributed by atoms with Crippen LogP contribution in [0.5, 0.6) is 0 Å². The van der Waals surface area contributed by atoms with Crippen LogP contribution < -0.4 is 10.9 Å². The number of nitrogens with one attached hydrogen (secondary N) is 1. The van der Waals surface area contributed by atoms with E-state index in [1.165, 1.54) is 38.9 Å². The zero-order valence-electron chi connectivity index (χ0n) is 17.7. The summed E-state index contributed by atoms with van der Waals surface area (Å²) in [6.07, 6.45) is 4.00. The minimum Gasteiger partial charge on any atom is -0.302 e. The van der Waals surface area contributed by atoms with Gasteiger partial charge in [0, 0.05) is 50.9 Å². The smallest absolute Gasteiger partial charge is 0.264 e. The van der Waals surface area contributed by atoms with Gasteiger partial charge in [0.2, 0.25) is 5.91 Å². The van der Waals surface area contributed by atoms with Crippen LogP contribution in [0.4, 0.5) is 5.13 Å². The van der Waals surface area contributed by atoms with Gasteiger partial charge in [-0.15, -0.1) is 11.3 Å². The van der Waals surface area contributed by atoms with Gasteiger partial charge in [0.05, 0.1) is 18.2 Å². The summed E-state index contributed by atoms with van der Waals surface area (Å²) in [5.74, 6) is -0.171. The van der Waals surface area contributed by atoms with Crippen molar-refractivity contribution >= 4 is 33.4 Å². The lowest BCUT2D eigenvalue weighted by atomic mass is 10.1. The number of thiazole rings is 1. The molecule has 0 radical (unpaired) electrons. The number of hydrogen-bond donors (Lipinski definition) is 1. The number of carbonyl (C=O) groups excluding carboxylic acids is 1. The molecule has 1 aromatic carbocycles. The van der Waals surface area contributed by atoms with Crippen LogP contribution in [0.1, 0.15) is 22.6 Å². The molecule has 1 aliphatic heterocycles. The second kappa shape index (κ2) is 8.64. The van der Waals surface area contributed by atoms with Crippen LogP contribution in [0.15, 0.2) is 47.7 Å². The molecule has 1 aliphatic rings. The summed E-state index contributed by atoms with van der Waals surface area (Å²) in [6.45, 7) is 2.94. The average Bonchev–Trinajstić information content (AvgIpc) is 3.37. The molecular weight excluding hydrogens is 426 g/mol. The largest absolute Gasteiger partial charge is 0.302 e. The Morgan fingerprint density at radius 3 is 2.94 bits per heavy atom. The molecule has 1 N–H and O–H groups in total. The number of aryl methyl sites for hydroxylation is 2. The lowest BCUT2D eigenvalue weighted by Gasteiger charge is -2.25. The second-order valence-electron chi connectivity index (χ2n) is 7.88. The molecule has 0 spiro atoms. The minimum atomic E-state index is -0.195. The molecule has 5 rings (SSSR count). The zero-order chi connectivity index (χ0) is 22.1. The van der Waals surface area contributed by atoms with E-state index in [-0.39, 0.29) is 24.4 Å². The van der Waals surface area contributed by atoms with Gasteiger partial charge in [0.15, 0.2) is 10.8 Å². The first-order chi connectivity index (χ1) is 15.6. The van der Waals surface area contributed by atoms with Gasteiger partial charge >= 0.3 is 0 Å². The lowest BCUT2D eigenvalue weighted by molar-refractivity contribution is -0.116. The predicted octanol–water partition coefficient (Wildman–Crippen LogP) is 2.17. The maximum atomic E-state index is 12.5. The topological polar surface area (TPSA) is 97.9 Å². The molecule has 4 aromatic rings. The highest BCUT2D eigenvalue weighted by atomic mass is 32.1. The summed E-state index contributed by atoms with van der Waals surface area (Å²) in [5.41, 5.74) is 2.70. The summed E-state index contributed by atoms with van der Waals surface area (Å²) < 4.78 is 3.00. The first kappa shape index (κ1) is 20.5. The van der Waals surface area contributed by atoms with Crippen LogP contribution in [-0.2, 0) is 37.9 Å². The number of aromatic nitrogens is 5. The fourth-order valence-corrected chi connectivity index (χ4v) is 4.97. The molecule has 9 nitrogen and oxygen atoms in total. The molecule has 4 heterocycles. The third-order valence-corrected chi connectivity index (χ3v) is 6.60. The molecule has 3 aromatic heterocycles. The van der Waals surface area contributed by atoms with Crippen LogP contribution in [-0.4, -0.2) is 41.7 Å². The molecule has 1 amide bonds. The van der Waals surface area contributed by atoms with Crippen molar-refractivity contribution in [3.63, 3.8) is 0 Å². The van der Waals surface area contributed by atoms with Crippen molar-refractivity contribution in [2.75, 3.05) is 11.9 Å². The normalized spacial score (nSPS) is 13.9. The molecule has 0 saturated carbocycles. The fourth-order valence-electron chi connectivity index (χ4n) is 3.91. The minimum absolute atomic E-state index is 0.164. The van der Waals surface area contributed by atoms with E-state index in [1.807, 2.05) is 6.07 Å². The van der Waals surface area contributed by atoms with Gasteiger partial charge in [-0.1, -0.05) is 30.3 Å². The fraction of sp³-hybridized carbons (Fsp3) is 0.318. The number of carbonyl (C=O) groups is 1. The third kappa shape index (κ3) is 4.19. The Morgan fingerprint density at radius 2 is 2.09 bits per heavy atom. The van der Waals surface area contributed by atoms with Crippen molar-refractivity contribution in [1.29, 1.82) is 0 Å². The van der Waals surface area contributed by atoms with Gasteiger partial charge in [0.25, 0.3) is 5.56 Å². The number of fused-ring (bicyclic) bond motifs is 2. The average molecular weight is 450 g/mol. The zero-order valence-corrected chi connectivity index (χ0v) is 18.5. The molecular formula is C22H23N7O2S. The van der Waals surface area contributed by atoms with Gasteiger partial charge in [-0.2, -0.15) is 5.10 Å². The van der Waals surface area contributed by atoms with Gasteiger partial charge in [-0.25, -0.2) is 9.97 Å². The summed E-state index contributed by atoms with van der Waals surface area (Å²) >= 11 is 1.53. The Morgan fingerprint density at radius 1 is 1.25 bits per heavy atom. The highest BCUT2D eigenvalue weighted by Crippen LogP contribution is 2.29. The molecule has 32 heavy (non-hydrogen) atoms. The maximum Gasteiger partial charge on any atom is 0.264 e. The van der Waals surface area contributed by atoms with E-state index in [9.17, 15) is 9.59 Å². The Bertz CT molecular complexity index is 1330. The molecule has 0 fully saturated rings. The molecule has 0 unspecified atom stereocenters. The van der Waals surface area contributed by atoms with Crippen molar-refractivity contribution in [2.24, 2.45) is 7.05 Å². The van der Waals surface area contributed by atoms with Crippen molar-refractivity contribution in [1.82, 2.24) is 29.2 Å². The maximum absolute atomic E-state index is 12.5. The first-order valence-corrected chi connectivity index (χ1v) is 11.3. The number of hydrogen-bond acceptors (Lipinski definition) is 7. The highest BCUT2D eigenvalue weighted by molar-refractivity contribution is 7.15. The Labute approximate surface area is 188 Å². The molecule has 10 heteroatoms. The van der Waals surface area contributed by atoms with Crippen LogP contribution in [0.25, 0.3) is 11.0 Å².